The van der Waals surface area contributed by atoms with Crippen LogP contribution in [0.25, 0.3) is 11.0 Å². The van der Waals surface area contributed by atoms with Gasteiger partial charge in [0.25, 0.3) is 0 Å². The molecule has 2 rings (SSSR count). The van der Waals surface area contributed by atoms with Gasteiger partial charge >= 0.3 is 5.69 Å². The van der Waals surface area contributed by atoms with Gasteiger partial charge in [-0.1, -0.05) is 6.07 Å². The van der Waals surface area contributed by atoms with Crippen LogP contribution in [0, 0.1) is 0 Å². The average Bonchev–Trinajstić information content (AvgIpc) is 2.68. The lowest BCUT2D eigenvalue weighted by atomic mass is 10.2. The summed E-state index contributed by atoms with van der Waals surface area (Å²) < 4.78 is 0. The van der Waals surface area contributed by atoms with E-state index >= 15 is 0 Å². The van der Waals surface area contributed by atoms with Gasteiger partial charge in [0.05, 0.1) is 11.0 Å². The third kappa shape index (κ3) is 3.18. The standard InChI is InChI=1S/C12H18N4O/c13-5-1-2-6-14-8-9-3-4-10-11(7-9)16-12(17)15-10/h3-4,7,14H,1-2,5-6,8,13H2,(H2,15,16,17). The van der Waals surface area contributed by atoms with E-state index in [1.165, 1.54) is 5.56 Å². The Balaban J connectivity index is 1.92. The van der Waals surface area contributed by atoms with Gasteiger partial charge in [0.15, 0.2) is 0 Å². The number of H-pyrrole nitrogens is 2. The van der Waals surface area contributed by atoms with E-state index in [9.17, 15) is 4.79 Å². The summed E-state index contributed by atoms with van der Waals surface area (Å²) in [5.74, 6) is 0. The van der Waals surface area contributed by atoms with Gasteiger partial charge < -0.3 is 21.0 Å². The molecule has 0 aliphatic carbocycles. The molecule has 0 unspecified atom stereocenters. The minimum atomic E-state index is -0.159. The Morgan fingerprint density at radius 2 is 2.00 bits per heavy atom. The average molecular weight is 234 g/mol. The molecule has 1 heterocycles. The van der Waals surface area contributed by atoms with E-state index in [4.69, 9.17) is 5.73 Å². The molecular formula is C12H18N4O. The van der Waals surface area contributed by atoms with Crippen molar-refractivity contribution in [3.05, 3.63) is 34.2 Å². The molecule has 2 aromatic rings. The Bertz CT molecular complexity index is 529. The van der Waals surface area contributed by atoms with E-state index in [1.807, 2.05) is 18.2 Å². The number of imidazole rings is 1. The van der Waals surface area contributed by atoms with Crippen LogP contribution in [0.4, 0.5) is 0 Å². The molecule has 0 radical (unpaired) electrons. The summed E-state index contributed by atoms with van der Waals surface area (Å²) in [4.78, 5) is 16.6. The Labute approximate surface area is 99.4 Å². The molecule has 5 heteroatoms. The van der Waals surface area contributed by atoms with Crippen LogP contribution in [0.1, 0.15) is 18.4 Å². The van der Waals surface area contributed by atoms with E-state index in [2.05, 4.69) is 15.3 Å². The molecule has 0 atom stereocenters. The van der Waals surface area contributed by atoms with Gasteiger partial charge in [-0.05, 0) is 43.6 Å². The van der Waals surface area contributed by atoms with Crippen LogP contribution in [0.3, 0.4) is 0 Å². The number of aromatic amines is 2. The quantitative estimate of drug-likeness (QED) is 0.554. The fraction of sp³-hybridized carbons (Fsp3) is 0.417. The normalized spacial score (nSPS) is 11.1. The highest BCUT2D eigenvalue weighted by molar-refractivity contribution is 5.74. The van der Waals surface area contributed by atoms with E-state index in [0.29, 0.717) is 0 Å². The fourth-order valence-corrected chi connectivity index (χ4v) is 1.82. The van der Waals surface area contributed by atoms with Gasteiger partial charge in [0.1, 0.15) is 0 Å². The van der Waals surface area contributed by atoms with Crippen LogP contribution in [0.5, 0.6) is 0 Å². The third-order valence-electron chi connectivity index (χ3n) is 2.72. The summed E-state index contributed by atoms with van der Waals surface area (Å²) in [7, 11) is 0. The smallest absolute Gasteiger partial charge is 0.323 e. The highest BCUT2D eigenvalue weighted by atomic mass is 16.1. The van der Waals surface area contributed by atoms with Crippen LogP contribution < -0.4 is 16.7 Å². The number of rotatable bonds is 6. The highest BCUT2D eigenvalue weighted by Crippen LogP contribution is 2.09. The molecular weight excluding hydrogens is 216 g/mol. The largest absolute Gasteiger partial charge is 0.330 e. The van der Waals surface area contributed by atoms with E-state index < -0.39 is 0 Å². The number of hydrogen-bond donors (Lipinski definition) is 4. The molecule has 0 fully saturated rings. The zero-order valence-corrected chi connectivity index (χ0v) is 9.75. The van der Waals surface area contributed by atoms with Crippen molar-refractivity contribution in [3.63, 3.8) is 0 Å². The van der Waals surface area contributed by atoms with Crippen molar-refractivity contribution in [2.24, 2.45) is 5.73 Å². The van der Waals surface area contributed by atoms with Gasteiger partial charge in [0.2, 0.25) is 0 Å². The monoisotopic (exact) mass is 234 g/mol. The van der Waals surface area contributed by atoms with E-state index in [-0.39, 0.29) is 5.69 Å². The topological polar surface area (TPSA) is 86.7 Å². The number of fused-ring (bicyclic) bond motifs is 1. The Morgan fingerprint density at radius 1 is 1.18 bits per heavy atom. The predicted molar refractivity (Wildman–Crippen MR) is 68.9 cm³/mol. The van der Waals surface area contributed by atoms with Gasteiger partial charge in [-0.25, -0.2) is 4.79 Å². The van der Waals surface area contributed by atoms with Crippen molar-refractivity contribution in [2.75, 3.05) is 13.1 Å². The first kappa shape index (κ1) is 11.9. The van der Waals surface area contributed by atoms with E-state index in [0.717, 1.165) is 43.5 Å². The molecule has 0 bridgehead atoms. The van der Waals surface area contributed by atoms with E-state index in [1.54, 1.807) is 0 Å². The number of aromatic nitrogens is 2. The van der Waals surface area contributed by atoms with Gasteiger partial charge in [0, 0.05) is 6.54 Å². The maximum absolute atomic E-state index is 11.1. The zero-order chi connectivity index (χ0) is 12.1. The summed E-state index contributed by atoms with van der Waals surface area (Å²) >= 11 is 0. The summed E-state index contributed by atoms with van der Waals surface area (Å²) in [5.41, 5.74) is 8.14. The van der Waals surface area contributed by atoms with Gasteiger partial charge in [-0.15, -0.1) is 0 Å². The second kappa shape index (κ2) is 5.65. The highest BCUT2D eigenvalue weighted by Gasteiger charge is 1.99. The lowest BCUT2D eigenvalue weighted by Crippen LogP contribution is -2.15. The second-order valence-electron chi connectivity index (χ2n) is 4.13. The second-order valence-corrected chi connectivity index (χ2v) is 4.13. The van der Waals surface area contributed by atoms with Crippen LogP contribution in [-0.4, -0.2) is 23.1 Å². The van der Waals surface area contributed by atoms with Crippen LogP contribution >= 0.6 is 0 Å². The first-order valence-corrected chi connectivity index (χ1v) is 5.91. The van der Waals surface area contributed by atoms with Crippen molar-refractivity contribution in [2.45, 2.75) is 19.4 Å². The molecule has 1 aromatic heterocycles. The number of unbranched alkanes of at least 4 members (excludes halogenated alkanes) is 1. The number of nitrogens with one attached hydrogen (secondary N) is 3. The molecule has 5 N–H and O–H groups in total. The molecule has 92 valence electrons. The zero-order valence-electron chi connectivity index (χ0n) is 9.75. The molecule has 0 amide bonds. The summed E-state index contributed by atoms with van der Waals surface area (Å²) in [6.07, 6.45) is 2.15. The molecule has 5 nitrogen and oxygen atoms in total. The molecule has 1 aromatic carbocycles. The molecule has 0 spiro atoms. The minimum Gasteiger partial charge on any atom is -0.330 e. The molecule has 0 aliphatic heterocycles. The Hall–Kier alpha value is -1.59. The van der Waals surface area contributed by atoms with Crippen molar-refractivity contribution in [1.82, 2.24) is 15.3 Å². The molecule has 0 aliphatic rings. The number of hydrogen-bond acceptors (Lipinski definition) is 3. The lowest BCUT2D eigenvalue weighted by Gasteiger charge is -2.04. The van der Waals surface area contributed by atoms with Crippen molar-refractivity contribution < 1.29 is 0 Å². The van der Waals surface area contributed by atoms with Crippen molar-refractivity contribution in [1.29, 1.82) is 0 Å². The van der Waals surface area contributed by atoms with Crippen molar-refractivity contribution in [3.8, 4) is 0 Å². The van der Waals surface area contributed by atoms with Crippen LogP contribution in [-0.2, 0) is 6.54 Å². The first-order valence-electron chi connectivity index (χ1n) is 5.91. The van der Waals surface area contributed by atoms with Gasteiger partial charge in [-0.3, -0.25) is 0 Å². The molecule has 17 heavy (non-hydrogen) atoms. The molecule has 0 saturated carbocycles. The van der Waals surface area contributed by atoms with Crippen LogP contribution in [0.15, 0.2) is 23.0 Å². The first-order chi connectivity index (χ1) is 8.29. The minimum absolute atomic E-state index is 0.159. The van der Waals surface area contributed by atoms with Crippen molar-refractivity contribution >= 4 is 11.0 Å². The summed E-state index contributed by atoms with van der Waals surface area (Å²) in [6, 6.07) is 5.93. The maximum Gasteiger partial charge on any atom is 0.323 e. The third-order valence-corrected chi connectivity index (χ3v) is 2.72. The SMILES string of the molecule is NCCCCNCc1ccc2[nH]c(=O)[nH]c2c1. The lowest BCUT2D eigenvalue weighted by molar-refractivity contribution is 0.628. The fourth-order valence-electron chi connectivity index (χ4n) is 1.82. The Kier molecular flexibility index (Phi) is 3.95. The Morgan fingerprint density at radius 3 is 2.82 bits per heavy atom. The molecule has 0 saturated heterocycles. The number of benzene rings is 1. The number of nitrogens with two attached hydrogens (primary N) is 1. The van der Waals surface area contributed by atoms with Crippen LogP contribution in [0.2, 0.25) is 0 Å². The maximum atomic E-state index is 11.1. The summed E-state index contributed by atoms with van der Waals surface area (Å²) in [5, 5.41) is 3.35. The summed E-state index contributed by atoms with van der Waals surface area (Å²) in [6.45, 7) is 2.53. The predicted octanol–water partition coefficient (Wildman–Crippen LogP) is 0.685. The van der Waals surface area contributed by atoms with Gasteiger partial charge in [-0.2, -0.15) is 0 Å².